The topological polar surface area (TPSA) is 67.3 Å². The average molecular weight is 320 g/mol. The molecule has 2 saturated heterocycles. The van der Waals surface area contributed by atoms with Crippen molar-refractivity contribution in [2.24, 2.45) is 17.3 Å². The van der Waals surface area contributed by atoms with Crippen LogP contribution in [0.1, 0.15) is 19.3 Å². The third kappa shape index (κ3) is 3.02. The van der Waals surface area contributed by atoms with Crippen molar-refractivity contribution < 1.29 is 13.9 Å². The van der Waals surface area contributed by atoms with Crippen LogP contribution >= 0.6 is 0 Å². The minimum atomic E-state index is -0.432. The number of rotatable bonds is 5. The largest absolute Gasteiger partial charge is 0.380 e. The lowest BCUT2D eigenvalue weighted by atomic mass is 9.81. The van der Waals surface area contributed by atoms with Crippen molar-refractivity contribution in [2.75, 3.05) is 37.7 Å². The van der Waals surface area contributed by atoms with Gasteiger partial charge in [-0.1, -0.05) is 0 Å². The molecule has 23 heavy (non-hydrogen) atoms. The van der Waals surface area contributed by atoms with Gasteiger partial charge in [0, 0.05) is 37.4 Å². The molecule has 7 heteroatoms. The molecule has 1 saturated carbocycles. The number of ether oxygens (including phenoxy) is 1. The summed E-state index contributed by atoms with van der Waals surface area (Å²) in [5.41, 5.74) is -0.0864. The Morgan fingerprint density at radius 2 is 2.22 bits per heavy atom. The van der Waals surface area contributed by atoms with Crippen LogP contribution < -0.4 is 10.2 Å². The fraction of sp³-hybridized carbons (Fsp3) is 0.688. The number of anilines is 1. The van der Waals surface area contributed by atoms with E-state index < -0.39 is 5.82 Å². The quantitative estimate of drug-likeness (QED) is 0.876. The van der Waals surface area contributed by atoms with E-state index in [9.17, 15) is 9.18 Å². The van der Waals surface area contributed by atoms with Crippen LogP contribution in [0.25, 0.3) is 0 Å². The molecular formula is C16H21FN4O2. The van der Waals surface area contributed by atoms with Gasteiger partial charge in [0.15, 0.2) is 5.82 Å². The van der Waals surface area contributed by atoms with Crippen molar-refractivity contribution in [3.8, 4) is 0 Å². The van der Waals surface area contributed by atoms with E-state index >= 15 is 0 Å². The Morgan fingerprint density at radius 1 is 1.43 bits per heavy atom. The van der Waals surface area contributed by atoms with Crippen molar-refractivity contribution in [3.63, 3.8) is 0 Å². The molecule has 4 rings (SSSR count). The van der Waals surface area contributed by atoms with Crippen LogP contribution in [0.5, 0.6) is 0 Å². The number of aromatic nitrogens is 2. The number of carbonyl (C=O) groups is 1. The molecule has 0 bridgehead atoms. The number of halogens is 1. The zero-order valence-electron chi connectivity index (χ0n) is 13.0. The lowest BCUT2D eigenvalue weighted by Gasteiger charge is -2.27. The first-order valence-corrected chi connectivity index (χ1v) is 8.22. The molecule has 3 aliphatic rings. The van der Waals surface area contributed by atoms with E-state index in [1.54, 1.807) is 0 Å². The van der Waals surface area contributed by atoms with Crippen LogP contribution in [0.4, 0.5) is 10.3 Å². The van der Waals surface area contributed by atoms with E-state index in [0.717, 1.165) is 13.1 Å². The first kappa shape index (κ1) is 14.8. The summed E-state index contributed by atoms with van der Waals surface area (Å²) in [6, 6.07) is 0. The van der Waals surface area contributed by atoms with Crippen molar-refractivity contribution in [1.29, 1.82) is 0 Å². The highest BCUT2D eigenvalue weighted by Gasteiger charge is 2.51. The molecule has 0 aromatic carbocycles. The zero-order valence-corrected chi connectivity index (χ0v) is 13.0. The van der Waals surface area contributed by atoms with Gasteiger partial charge < -0.3 is 15.0 Å². The Bertz CT molecular complexity index is 592. The van der Waals surface area contributed by atoms with Gasteiger partial charge in [-0.3, -0.25) is 4.79 Å². The van der Waals surface area contributed by atoms with E-state index in [1.165, 1.54) is 25.2 Å². The highest BCUT2D eigenvalue weighted by Crippen LogP contribution is 2.42. The molecule has 1 aromatic rings. The predicted molar refractivity (Wildman–Crippen MR) is 81.3 cm³/mol. The van der Waals surface area contributed by atoms with Crippen molar-refractivity contribution in [2.45, 2.75) is 19.3 Å². The first-order valence-electron chi connectivity index (χ1n) is 8.22. The summed E-state index contributed by atoms with van der Waals surface area (Å²) in [7, 11) is 0. The Kier molecular flexibility index (Phi) is 3.67. The first-order chi connectivity index (χ1) is 11.1. The summed E-state index contributed by atoms with van der Waals surface area (Å²) >= 11 is 0. The van der Waals surface area contributed by atoms with Crippen LogP contribution in [-0.2, 0) is 9.53 Å². The van der Waals surface area contributed by atoms with Crippen LogP contribution in [-0.4, -0.2) is 48.7 Å². The summed E-state index contributed by atoms with van der Waals surface area (Å²) in [4.78, 5) is 22.2. The Labute approximate surface area is 134 Å². The third-order valence-corrected chi connectivity index (χ3v) is 5.22. The van der Waals surface area contributed by atoms with E-state index in [4.69, 9.17) is 4.74 Å². The molecule has 124 valence electrons. The molecule has 0 spiro atoms. The standard InChI is InChI=1S/C16H21FN4O2/c17-13-4-18-15(19-5-13)21-6-12-7-23-10-16(12,9-21)8-20-14(22)3-11-1-2-11/h4-5,11-12H,1-3,6-10H2,(H,20,22)/t12-,16+/m1/s1. The molecule has 6 nitrogen and oxygen atoms in total. The monoisotopic (exact) mass is 320 g/mol. The van der Waals surface area contributed by atoms with Gasteiger partial charge in [0.25, 0.3) is 0 Å². The summed E-state index contributed by atoms with van der Waals surface area (Å²) < 4.78 is 18.7. The van der Waals surface area contributed by atoms with Gasteiger partial charge in [0.05, 0.1) is 25.6 Å². The van der Waals surface area contributed by atoms with Gasteiger partial charge in [0.2, 0.25) is 11.9 Å². The Hall–Kier alpha value is -1.76. The maximum absolute atomic E-state index is 13.0. The lowest BCUT2D eigenvalue weighted by molar-refractivity contribution is -0.121. The second-order valence-electron chi connectivity index (χ2n) is 7.08. The minimum absolute atomic E-state index is 0.0864. The normalized spacial score (nSPS) is 29.6. The number of carbonyl (C=O) groups excluding carboxylic acids is 1. The third-order valence-electron chi connectivity index (χ3n) is 5.22. The average Bonchev–Trinajstić information content (AvgIpc) is 3.14. The summed E-state index contributed by atoms with van der Waals surface area (Å²) in [6.07, 6.45) is 5.39. The predicted octanol–water partition coefficient (Wildman–Crippen LogP) is 0.985. The van der Waals surface area contributed by atoms with E-state index in [0.29, 0.717) is 44.0 Å². The molecular weight excluding hydrogens is 299 g/mol. The molecule has 1 amide bonds. The number of nitrogens with one attached hydrogen (secondary N) is 1. The van der Waals surface area contributed by atoms with Crippen LogP contribution in [0.15, 0.2) is 12.4 Å². The molecule has 1 N–H and O–H groups in total. The SMILES string of the molecule is O=C(CC1CC1)NC[C@]12COC[C@H]1CN(c1ncc(F)cn1)C2. The number of amides is 1. The highest BCUT2D eigenvalue weighted by atomic mass is 19.1. The molecule has 0 radical (unpaired) electrons. The van der Waals surface area contributed by atoms with Crippen molar-refractivity contribution in [1.82, 2.24) is 15.3 Å². The number of hydrogen-bond acceptors (Lipinski definition) is 5. The maximum Gasteiger partial charge on any atom is 0.225 e. The van der Waals surface area contributed by atoms with Crippen LogP contribution in [0, 0.1) is 23.1 Å². The summed E-state index contributed by atoms with van der Waals surface area (Å²) in [6.45, 7) is 3.47. The molecule has 2 aliphatic heterocycles. The summed E-state index contributed by atoms with van der Waals surface area (Å²) in [5, 5.41) is 3.09. The van der Waals surface area contributed by atoms with Gasteiger partial charge in [-0.15, -0.1) is 0 Å². The summed E-state index contributed by atoms with van der Waals surface area (Å²) in [5.74, 6) is 1.19. The number of hydrogen-bond donors (Lipinski definition) is 1. The second-order valence-corrected chi connectivity index (χ2v) is 7.08. The van der Waals surface area contributed by atoms with Crippen molar-refractivity contribution in [3.05, 3.63) is 18.2 Å². The maximum atomic E-state index is 13.0. The van der Waals surface area contributed by atoms with Crippen LogP contribution in [0.2, 0.25) is 0 Å². The fourth-order valence-corrected chi connectivity index (χ4v) is 3.63. The molecule has 0 unspecified atom stereocenters. The Balaban J connectivity index is 1.41. The zero-order chi connectivity index (χ0) is 15.9. The van der Waals surface area contributed by atoms with Gasteiger partial charge in [-0.25, -0.2) is 14.4 Å². The highest BCUT2D eigenvalue weighted by molar-refractivity contribution is 5.76. The molecule has 1 aromatic heterocycles. The van der Waals surface area contributed by atoms with Gasteiger partial charge in [0.1, 0.15) is 0 Å². The Morgan fingerprint density at radius 3 is 2.96 bits per heavy atom. The number of fused-ring (bicyclic) bond motifs is 1. The lowest BCUT2D eigenvalue weighted by Crippen LogP contribution is -2.43. The molecule has 2 atom stereocenters. The number of nitrogens with zero attached hydrogens (tertiary/aromatic N) is 3. The fourth-order valence-electron chi connectivity index (χ4n) is 3.63. The molecule has 3 fully saturated rings. The van der Waals surface area contributed by atoms with E-state index in [1.807, 2.05) is 0 Å². The van der Waals surface area contributed by atoms with Gasteiger partial charge in [-0.2, -0.15) is 0 Å². The van der Waals surface area contributed by atoms with Gasteiger partial charge >= 0.3 is 0 Å². The molecule has 3 heterocycles. The molecule has 1 aliphatic carbocycles. The van der Waals surface area contributed by atoms with E-state index in [2.05, 4.69) is 20.2 Å². The van der Waals surface area contributed by atoms with E-state index in [-0.39, 0.29) is 11.3 Å². The second kappa shape index (κ2) is 5.70. The smallest absolute Gasteiger partial charge is 0.225 e. The van der Waals surface area contributed by atoms with Crippen molar-refractivity contribution >= 4 is 11.9 Å². The van der Waals surface area contributed by atoms with Gasteiger partial charge in [-0.05, 0) is 18.8 Å². The van der Waals surface area contributed by atoms with Crippen LogP contribution in [0.3, 0.4) is 0 Å². The minimum Gasteiger partial charge on any atom is -0.380 e.